The Labute approximate surface area is 111 Å². The van der Waals surface area contributed by atoms with Crippen LogP contribution in [0.3, 0.4) is 0 Å². The van der Waals surface area contributed by atoms with Crippen LogP contribution in [0.1, 0.15) is 18.5 Å². The molecule has 1 unspecified atom stereocenters. The van der Waals surface area contributed by atoms with E-state index in [1.54, 1.807) is 7.11 Å². The van der Waals surface area contributed by atoms with Gasteiger partial charge in [-0.15, -0.1) is 5.92 Å². The Kier molecular flexibility index (Phi) is 6.06. The number of nitrogens with one attached hydrogen (secondary N) is 1. The molecule has 0 bridgehead atoms. The van der Waals surface area contributed by atoms with Crippen LogP contribution in [-0.4, -0.2) is 20.2 Å². The van der Waals surface area contributed by atoms with Crippen molar-refractivity contribution >= 4 is 15.9 Å². The minimum absolute atomic E-state index is 0.0447. The summed E-state index contributed by atoms with van der Waals surface area (Å²) in [6, 6.07) is 5.93. The predicted molar refractivity (Wildman–Crippen MR) is 73.9 cm³/mol. The molecule has 0 amide bonds. The standard InChI is InChI=1S/C13H17BrN2O/c1-3-4-7-16-12(9-15)11-8-10(14)5-6-13(11)17-2/h5-6,8,12,16H,7,9,15H2,1-2H3. The van der Waals surface area contributed by atoms with Gasteiger partial charge in [0.25, 0.3) is 0 Å². The molecule has 1 aromatic rings. The molecule has 1 atom stereocenters. The van der Waals surface area contributed by atoms with E-state index in [0.29, 0.717) is 13.1 Å². The number of halogens is 1. The maximum atomic E-state index is 5.78. The van der Waals surface area contributed by atoms with E-state index in [9.17, 15) is 0 Å². The van der Waals surface area contributed by atoms with E-state index in [0.717, 1.165) is 15.8 Å². The van der Waals surface area contributed by atoms with Crippen molar-refractivity contribution in [1.82, 2.24) is 5.32 Å². The van der Waals surface area contributed by atoms with Gasteiger partial charge < -0.3 is 10.5 Å². The van der Waals surface area contributed by atoms with Crippen molar-refractivity contribution in [3.63, 3.8) is 0 Å². The van der Waals surface area contributed by atoms with E-state index < -0.39 is 0 Å². The zero-order chi connectivity index (χ0) is 12.7. The fourth-order valence-corrected chi connectivity index (χ4v) is 1.94. The molecule has 0 aliphatic heterocycles. The molecule has 0 radical (unpaired) electrons. The molecule has 3 nitrogen and oxygen atoms in total. The number of ether oxygens (including phenoxy) is 1. The summed E-state index contributed by atoms with van der Waals surface area (Å²) in [6.07, 6.45) is 0. The van der Waals surface area contributed by atoms with Gasteiger partial charge in [0.15, 0.2) is 0 Å². The Balaban J connectivity index is 2.91. The van der Waals surface area contributed by atoms with Crippen LogP contribution in [0, 0.1) is 11.8 Å². The number of nitrogens with two attached hydrogens (primary N) is 1. The molecule has 0 saturated carbocycles. The fourth-order valence-electron chi connectivity index (χ4n) is 1.56. The van der Waals surface area contributed by atoms with E-state index in [2.05, 4.69) is 33.1 Å². The molecule has 1 aromatic carbocycles. The Hall–Kier alpha value is -1.02. The largest absolute Gasteiger partial charge is 0.496 e. The van der Waals surface area contributed by atoms with Crippen LogP contribution in [-0.2, 0) is 0 Å². The molecule has 3 N–H and O–H groups in total. The van der Waals surface area contributed by atoms with E-state index in [1.807, 2.05) is 25.1 Å². The second kappa shape index (κ2) is 7.33. The lowest BCUT2D eigenvalue weighted by atomic mass is 10.1. The average molecular weight is 297 g/mol. The normalized spacial score (nSPS) is 11.5. The maximum absolute atomic E-state index is 5.78. The molecule has 0 aliphatic rings. The van der Waals surface area contributed by atoms with Gasteiger partial charge in [0, 0.05) is 22.6 Å². The van der Waals surface area contributed by atoms with Crippen molar-refractivity contribution in [2.45, 2.75) is 13.0 Å². The van der Waals surface area contributed by atoms with Crippen LogP contribution in [0.4, 0.5) is 0 Å². The first-order valence-electron chi connectivity index (χ1n) is 5.39. The molecule has 4 heteroatoms. The molecule has 0 aliphatic carbocycles. The monoisotopic (exact) mass is 296 g/mol. The zero-order valence-electron chi connectivity index (χ0n) is 10.1. The number of methoxy groups -OCH3 is 1. The highest BCUT2D eigenvalue weighted by molar-refractivity contribution is 9.10. The Morgan fingerprint density at radius 2 is 2.29 bits per heavy atom. The number of hydrogen-bond acceptors (Lipinski definition) is 3. The summed E-state index contributed by atoms with van der Waals surface area (Å²) >= 11 is 3.45. The lowest BCUT2D eigenvalue weighted by Gasteiger charge is -2.19. The van der Waals surface area contributed by atoms with Gasteiger partial charge >= 0.3 is 0 Å². The smallest absolute Gasteiger partial charge is 0.123 e. The first-order chi connectivity index (χ1) is 8.22. The van der Waals surface area contributed by atoms with Crippen LogP contribution in [0.25, 0.3) is 0 Å². The van der Waals surface area contributed by atoms with Gasteiger partial charge in [-0.1, -0.05) is 21.9 Å². The van der Waals surface area contributed by atoms with Gasteiger partial charge in [0.05, 0.1) is 13.7 Å². The van der Waals surface area contributed by atoms with Crippen LogP contribution >= 0.6 is 15.9 Å². The summed E-state index contributed by atoms with van der Waals surface area (Å²) in [7, 11) is 1.66. The molecule has 0 spiro atoms. The van der Waals surface area contributed by atoms with Crippen LogP contribution in [0.15, 0.2) is 22.7 Å². The van der Waals surface area contributed by atoms with Gasteiger partial charge in [-0.25, -0.2) is 0 Å². The SMILES string of the molecule is CC#CCNC(CN)c1cc(Br)ccc1OC. The molecule has 0 fully saturated rings. The van der Waals surface area contributed by atoms with E-state index in [4.69, 9.17) is 10.5 Å². The highest BCUT2D eigenvalue weighted by Gasteiger charge is 2.14. The summed E-state index contributed by atoms with van der Waals surface area (Å²) in [5.74, 6) is 6.64. The summed E-state index contributed by atoms with van der Waals surface area (Å²) in [5.41, 5.74) is 6.82. The Morgan fingerprint density at radius 3 is 2.88 bits per heavy atom. The molecule has 92 valence electrons. The Morgan fingerprint density at radius 1 is 1.53 bits per heavy atom. The highest BCUT2D eigenvalue weighted by Crippen LogP contribution is 2.27. The molecule has 0 saturated heterocycles. The van der Waals surface area contributed by atoms with Gasteiger partial charge in [0.1, 0.15) is 5.75 Å². The topological polar surface area (TPSA) is 47.3 Å². The van der Waals surface area contributed by atoms with Gasteiger partial charge in [-0.05, 0) is 25.1 Å². The van der Waals surface area contributed by atoms with Crippen molar-refractivity contribution in [3.8, 4) is 17.6 Å². The van der Waals surface area contributed by atoms with Gasteiger partial charge in [-0.3, -0.25) is 5.32 Å². The fraction of sp³-hybridized carbons (Fsp3) is 0.385. The minimum atomic E-state index is 0.0447. The summed E-state index contributed by atoms with van der Waals surface area (Å²) < 4.78 is 6.35. The third kappa shape index (κ3) is 4.04. The van der Waals surface area contributed by atoms with E-state index in [1.165, 1.54) is 0 Å². The van der Waals surface area contributed by atoms with E-state index in [-0.39, 0.29) is 6.04 Å². The quantitative estimate of drug-likeness (QED) is 0.818. The highest BCUT2D eigenvalue weighted by atomic mass is 79.9. The third-order valence-electron chi connectivity index (χ3n) is 2.42. The molecule has 0 heterocycles. The second-order valence-corrected chi connectivity index (χ2v) is 4.40. The number of hydrogen-bond donors (Lipinski definition) is 2. The lowest BCUT2D eigenvalue weighted by Crippen LogP contribution is -2.28. The van der Waals surface area contributed by atoms with E-state index >= 15 is 0 Å². The van der Waals surface area contributed by atoms with Crippen LogP contribution in [0.2, 0.25) is 0 Å². The third-order valence-corrected chi connectivity index (χ3v) is 2.91. The molecule has 17 heavy (non-hydrogen) atoms. The first-order valence-corrected chi connectivity index (χ1v) is 6.18. The second-order valence-electron chi connectivity index (χ2n) is 3.48. The Bertz CT molecular complexity index is 423. The summed E-state index contributed by atoms with van der Waals surface area (Å²) in [5, 5.41) is 3.29. The van der Waals surface area contributed by atoms with Crippen molar-refractivity contribution in [2.24, 2.45) is 5.73 Å². The maximum Gasteiger partial charge on any atom is 0.123 e. The van der Waals surface area contributed by atoms with Crippen LogP contribution < -0.4 is 15.8 Å². The number of rotatable bonds is 5. The van der Waals surface area contributed by atoms with Crippen molar-refractivity contribution < 1.29 is 4.74 Å². The predicted octanol–water partition coefficient (Wildman–Crippen LogP) is 2.07. The van der Waals surface area contributed by atoms with Crippen molar-refractivity contribution in [3.05, 3.63) is 28.2 Å². The zero-order valence-corrected chi connectivity index (χ0v) is 11.7. The van der Waals surface area contributed by atoms with Crippen molar-refractivity contribution in [1.29, 1.82) is 0 Å². The van der Waals surface area contributed by atoms with Gasteiger partial charge in [-0.2, -0.15) is 0 Å². The minimum Gasteiger partial charge on any atom is -0.496 e. The molecular formula is C13H17BrN2O. The first kappa shape index (κ1) is 14.0. The molecular weight excluding hydrogens is 280 g/mol. The lowest BCUT2D eigenvalue weighted by molar-refractivity contribution is 0.401. The number of benzene rings is 1. The van der Waals surface area contributed by atoms with Crippen molar-refractivity contribution in [2.75, 3.05) is 20.2 Å². The molecule has 0 aromatic heterocycles. The summed E-state index contributed by atoms with van der Waals surface area (Å²) in [6.45, 7) is 2.94. The average Bonchev–Trinajstić information content (AvgIpc) is 2.35. The van der Waals surface area contributed by atoms with Gasteiger partial charge in [0.2, 0.25) is 0 Å². The van der Waals surface area contributed by atoms with Crippen LogP contribution in [0.5, 0.6) is 5.75 Å². The molecule has 1 rings (SSSR count). The summed E-state index contributed by atoms with van der Waals surface area (Å²) in [4.78, 5) is 0.